The van der Waals surface area contributed by atoms with E-state index in [4.69, 9.17) is 16.1 Å². The minimum atomic E-state index is -3.57. The monoisotopic (exact) mass is 433 g/mol. The number of hydrogen-bond acceptors (Lipinski definition) is 6. The van der Waals surface area contributed by atoms with Crippen LogP contribution in [0.3, 0.4) is 0 Å². The number of aromatic nitrogens is 2. The van der Waals surface area contributed by atoms with Gasteiger partial charge in [-0.15, -0.1) is 0 Å². The lowest BCUT2D eigenvalue weighted by molar-refractivity contribution is 0.102. The van der Waals surface area contributed by atoms with Gasteiger partial charge in [-0.1, -0.05) is 42.7 Å². The van der Waals surface area contributed by atoms with Crippen LogP contribution in [0, 0.1) is 6.92 Å². The van der Waals surface area contributed by atoms with Crippen molar-refractivity contribution in [3.63, 3.8) is 0 Å². The van der Waals surface area contributed by atoms with E-state index < -0.39 is 15.7 Å². The number of para-hydroxylation sites is 1. The lowest BCUT2D eigenvalue weighted by Crippen LogP contribution is -2.14. The normalized spacial score (nSPS) is 11.7. The van der Waals surface area contributed by atoms with Crippen molar-refractivity contribution in [2.24, 2.45) is 0 Å². The van der Waals surface area contributed by atoms with E-state index in [9.17, 15) is 13.2 Å². The number of anilines is 1. The predicted octanol–water partition coefficient (Wildman–Crippen LogP) is 4.48. The van der Waals surface area contributed by atoms with Crippen LogP contribution in [0.15, 0.2) is 45.8 Å². The molecule has 2 aromatic carbocycles. The fourth-order valence-corrected chi connectivity index (χ4v) is 4.01. The van der Waals surface area contributed by atoms with Gasteiger partial charge in [-0.05, 0) is 36.8 Å². The Morgan fingerprint density at radius 2 is 1.93 bits per heavy atom. The van der Waals surface area contributed by atoms with Gasteiger partial charge in [0.05, 0.1) is 21.2 Å². The molecule has 3 aromatic rings. The zero-order chi connectivity index (χ0) is 21.3. The Labute approximate surface area is 174 Å². The molecular formula is C20H20ClN3O4S. The van der Waals surface area contributed by atoms with Gasteiger partial charge in [-0.3, -0.25) is 4.79 Å². The summed E-state index contributed by atoms with van der Waals surface area (Å²) < 4.78 is 29.2. The highest BCUT2D eigenvalue weighted by Crippen LogP contribution is 2.31. The maximum atomic E-state index is 12.8. The molecule has 0 fully saturated rings. The summed E-state index contributed by atoms with van der Waals surface area (Å²) in [4.78, 5) is 17.1. The molecule has 0 atom stereocenters. The van der Waals surface area contributed by atoms with Gasteiger partial charge in [-0.25, -0.2) is 8.42 Å². The molecule has 0 aliphatic carbocycles. The summed E-state index contributed by atoms with van der Waals surface area (Å²) in [5.41, 5.74) is 2.04. The second-order valence-corrected chi connectivity index (χ2v) is 9.37. The van der Waals surface area contributed by atoms with Gasteiger partial charge in [0.1, 0.15) is 0 Å². The zero-order valence-electron chi connectivity index (χ0n) is 16.4. The summed E-state index contributed by atoms with van der Waals surface area (Å²) in [5, 5.41) is 6.86. The number of aryl methyl sites for hydroxylation is 1. The van der Waals surface area contributed by atoms with Gasteiger partial charge in [0.25, 0.3) is 11.8 Å². The summed E-state index contributed by atoms with van der Waals surface area (Å²) in [6, 6.07) is 9.54. The van der Waals surface area contributed by atoms with Crippen molar-refractivity contribution >= 4 is 33.0 Å². The van der Waals surface area contributed by atoms with Gasteiger partial charge in [-0.2, -0.15) is 4.98 Å². The number of halogens is 1. The Morgan fingerprint density at radius 3 is 2.55 bits per heavy atom. The third-order valence-corrected chi connectivity index (χ3v) is 5.87. The first-order valence-electron chi connectivity index (χ1n) is 8.82. The summed E-state index contributed by atoms with van der Waals surface area (Å²) in [7, 11) is -3.57. The molecule has 0 radical (unpaired) electrons. The van der Waals surface area contributed by atoms with Crippen LogP contribution in [-0.4, -0.2) is 30.7 Å². The lowest BCUT2D eigenvalue weighted by atomic mass is 10.1. The first-order valence-corrected chi connectivity index (χ1v) is 11.1. The van der Waals surface area contributed by atoms with E-state index in [-0.39, 0.29) is 21.4 Å². The predicted molar refractivity (Wildman–Crippen MR) is 111 cm³/mol. The molecule has 3 rings (SSSR count). The van der Waals surface area contributed by atoms with Crippen LogP contribution in [0.5, 0.6) is 0 Å². The fourth-order valence-electron chi connectivity index (χ4n) is 2.71. The van der Waals surface area contributed by atoms with Gasteiger partial charge < -0.3 is 9.84 Å². The Bertz CT molecular complexity index is 1190. The second kappa shape index (κ2) is 7.96. The first kappa shape index (κ1) is 21.0. The van der Waals surface area contributed by atoms with E-state index >= 15 is 0 Å². The molecule has 29 heavy (non-hydrogen) atoms. The fraction of sp³-hybridized carbons (Fsp3) is 0.250. The third kappa shape index (κ3) is 4.49. The van der Waals surface area contributed by atoms with E-state index in [1.807, 2.05) is 32.9 Å². The highest BCUT2D eigenvalue weighted by atomic mass is 35.5. The smallest absolute Gasteiger partial charge is 0.260 e. The minimum absolute atomic E-state index is 0.0627. The van der Waals surface area contributed by atoms with E-state index in [2.05, 4.69) is 15.5 Å². The molecule has 1 N–H and O–H groups in total. The molecule has 7 nitrogen and oxygen atoms in total. The van der Waals surface area contributed by atoms with Crippen LogP contribution in [0.2, 0.25) is 5.02 Å². The molecule has 1 heterocycles. The van der Waals surface area contributed by atoms with Crippen LogP contribution in [0.1, 0.15) is 41.5 Å². The molecular weight excluding hydrogens is 414 g/mol. The number of sulfone groups is 1. The molecule has 9 heteroatoms. The van der Waals surface area contributed by atoms with E-state index in [1.165, 1.54) is 18.2 Å². The van der Waals surface area contributed by atoms with Gasteiger partial charge in [0, 0.05) is 17.7 Å². The number of nitrogens with one attached hydrogen (secondary N) is 1. The lowest BCUT2D eigenvalue weighted by Gasteiger charge is -2.12. The number of hydrogen-bond donors (Lipinski definition) is 1. The standard InChI is InChI=1S/C20H20ClN3O4S/c1-11(2)18-23-20(28-24-18)14-7-5-6-12(3)17(14)22-19(25)13-8-9-15(21)16(10-13)29(4,26)27/h5-11H,1-4H3,(H,22,25). The van der Waals surface area contributed by atoms with Crippen molar-refractivity contribution in [3.05, 3.63) is 58.4 Å². The number of nitrogens with zero attached hydrogens (tertiary/aromatic N) is 2. The molecule has 0 aliphatic rings. The number of amides is 1. The van der Waals surface area contributed by atoms with E-state index in [0.717, 1.165) is 11.8 Å². The van der Waals surface area contributed by atoms with Gasteiger partial charge in [0.15, 0.2) is 15.7 Å². The Morgan fingerprint density at radius 1 is 1.21 bits per heavy atom. The topological polar surface area (TPSA) is 102 Å². The van der Waals surface area contributed by atoms with Crippen molar-refractivity contribution in [3.8, 4) is 11.5 Å². The Kier molecular flexibility index (Phi) is 5.77. The summed E-state index contributed by atoms with van der Waals surface area (Å²) in [5.74, 6) is 0.472. The third-order valence-electron chi connectivity index (χ3n) is 4.29. The zero-order valence-corrected chi connectivity index (χ0v) is 17.9. The van der Waals surface area contributed by atoms with Crippen LogP contribution in [0.4, 0.5) is 5.69 Å². The summed E-state index contributed by atoms with van der Waals surface area (Å²) in [6.45, 7) is 5.74. The number of benzene rings is 2. The average molecular weight is 434 g/mol. The summed E-state index contributed by atoms with van der Waals surface area (Å²) in [6.07, 6.45) is 1.04. The number of carbonyl (C=O) groups excluding carboxylic acids is 1. The van der Waals surface area contributed by atoms with Crippen LogP contribution in [-0.2, 0) is 9.84 Å². The molecule has 0 aliphatic heterocycles. The van der Waals surface area contributed by atoms with Crippen LogP contribution < -0.4 is 5.32 Å². The molecule has 152 valence electrons. The second-order valence-electron chi connectivity index (χ2n) is 6.98. The maximum absolute atomic E-state index is 12.8. The van der Waals surface area contributed by atoms with Crippen molar-refractivity contribution in [2.75, 3.05) is 11.6 Å². The van der Waals surface area contributed by atoms with Crippen molar-refractivity contribution < 1.29 is 17.7 Å². The molecule has 0 unspecified atom stereocenters. The highest BCUT2D eigenvalue weighted by molar-refractivity contribution is 7.90. The summed E-state index contributed by atoms with van der Waals surface area (Å²) >= 11 is 5.97. The average Bonchev–Trinajstić information content (AvgIpc) is 3.13. The van der Waals surface area contributed by atoms with Gasteiger partial charge >= 0.3 is 0 Å². The van der Waals surface area contributed by atoms with Crippen molar-refractivity contribution in [2.45, 2.75) is 31.6 Å². The SMILES string of the molecule is Cc1cccc(-c2nc(C(C)C)no2)c1NC(=O)c1ccc(Cl)c(S(C)(=O)=O)c1. The minimum Gasteiger partial charge on any atom is -0.334 e. The maximum Gasteiger partial charge on any atom is 0.260 e. The highest BCUT2D eigenvalue weighted by Gasteiger charge is 2.20. The molecule has 0 saturated heterocycles. The largest absolute Gasteiger partial charge is 0.334 e. The molecule has 1 aromatic heterocycles. The quantitative estimate of drug-likeness (QED) is 0.636. The van der Waals surface area contributed by atoms with Gasteiger partial charge in [0.2, 0.25) is 0 Å². The molecule has 0 saturated carbocycles. The van der Waals surface area contributed by atoms with Crippen LogP contribution in [0.25, 0.3) is 11.5 Å². The van der Waals surface area contributed by atoms with Crippen LogP contribution >= 0.6 is 11.6 Å². The number of rotatable bonds is 5. The first-order chi connectivity index (χ1) is 13.6. The molecule has 1 amide bonds. The van der Waals surface area contributed by atoms with E-state index in [1.54, 1.807) is 6.07 Å². The Hall–Kier alpha value is -2.71. The van der Waals surface area contributed by atoms with E-state index in [0.29, 0.717) is 23.0 Å². The Balaban J connectivity index is 2.00. The number of carbonyl (C=O) groups is 1. The van der Waals surface area contributed by atoms with Crippen molar-refractivity contribution in [1.29, 1.82) is 0 Å². The molecule has 0 spiro atoms. The van der Waals surface area contributed by atoms with Crippen molar-refractivity contribution in [1.82, 2.24) is 10.1 Å². The molecule has 0 bridgehead atoms.